The topological polar surface area (TPSA) is 40.5 Å². The molecule has 2 nitrogen and oxygen atoms in total. The van der Waals surface area contributed by atoms with E-state index in [1.807, 2.05) is 0 Å². The molecule has 6 unspecified atom stereocenters. The van der Waals surface area contributed by atoms with E-state index in [0.717, 1.165) is 12.3 Å². The molecule has 4 aliphatic carbocycles. The van der Waals surface area contributed by atoms with E-state index in [9.17, 15) is 10.2 Å². The summed E-state index contributed by atoms with van der Waals surface area (Å²) in [5.74, 6) is 1.42. The van der Waals surface area contributed by atoms with Crippen LogP contribution in [-0.4, -0.2) is 23.4 Å². The quantitative estimate of drug-likeness (QED) is 0.759. The van der Waals surface area contributed by atoms with Gasteiger partial charge >= 0.3 is 0 Å². The Morgan fingerprint density at radius 3 is 2.41 bits per heavy atom. The summed E-state index contributed by atoms with van der Waals surface area (Å²) in [7, 11) is 0. The largest absolute Gasteiger partial charge is 0.396 e. The van der Waals surface area contributed by atoms with Gasteiger partial charge in [0.15, 0.2) is 0 Å². The first kappa shape index (κ1) is 15.2. The van der Waals surface area contributed by atoms with E-state index in [2.05, 4.69) is 26.0 Å². The summed E-state index contributed by atoms with van der Waals surface area (Å²) in [5.41, 5.74) is 0.946. The first-order valence-corrected chi connectivity index (χ1v) is 9.34. The van der Waals surface area contributed by atoms with Crippen LogP contribution in [-0.2, 0) is 0 Å². The third-order valence-electron chi connectivity index (χ3n) is 8.55. The van der Waals surface area contributed by atoms with Gasteiger partial charge in [-0.25, -0.2) is 0 Å². The molecule has 4 aliphatic rings. The second kappa shape index (κ2) is 4.60. The lowest BCUT2D eigenvalue weighted by Gasteiger charge is -2.64. The van der Waals surface area contributed by atoms with E-state index >= 15 is 0 Å². The van der Waals surface area contributed by atoms with Gasteiger partial charge in [0.1, 0.15) is 0 Å². The maximum Gasteiger partial charge on any atom is 0.0522 e. The molecule has 4 rings (SSSR count). The van der Waals surface area contributed by atoms with Crippen molar-refractivity contribution in [2.75, 3.05) is 13.2 Å². The molecule has 2 heteroatoms. The Labute approximate surface area is 135 Å². The molecule has 0 saturated heterocycles. The maximum atomic E-state index is 10.1. The van der Waals surface area contributed by atoms with Gasteiger partial charge in [-0.1, -0.05) is 32.4 Å². The summed E-state index contributed by atoms with van der Waals surface area (Å²) in [6.07, 6.45) is 14.8. The van der Waals surface area contributed by atoms with Crippen LogP contribution in [0.3, 0.4) is 0 Å². The molecule has 3 fully saturated rings. The van der Waals surface area contributed by atoms with E-state index in [1.54, 1.807) is 0 Å². The van der Waals surface area contributed by atoms with Crippen molar-refractivity contribution in [3.63, 3.8) is 0 Å². The molecule has 22 heavy (non-hydrogen) atoms. The fraction of sp³-hybridized carbons (Fsp3) is 0.900. The molecule has 1 spiro atoms. The summed E-state index contributed by atoms with van der Waals surface area (Å²) >= 11 is 0. The Morgan fingerprint density at radius 1 is 0.909 bits per heavy atom. The average molecular weight is 304 g/mol. The van der Waals surface area contributed by atoms with E-state index in [-0.39, 0.29) is 10.8 Å². The third-order valence-corrected chi connectivity index (χ3v) is 8.55. The zero-order valence-electron chi connectivity index (χ0n) is 14.3. The van der Waals surface area contributed by atoms with Crippen LogP contribution in [0.15, 0.2) is 12.2 Å². The van der Waals surface area contributed by atoms with Gasteiger partial charge in [0.25, 0.3) is 0 Å². The molecule has 124 valence electrons. The number of hydrogen-bond donors (Lipinski definition) is 2. The van der Waals surface area contributed by atoms with Crippen LogP contribution < -0.4 is 0 Å². The van der Waals surface area contributed by atoms with Crippen LogP contribution in [0, 0.1) is 33.5 Å². The number of rotatable bonds is 2. The van der Waals surface area contributed by atoms with Gasteiger partial charge in [0, 0.05) is 12.0 Å². The summed E-state index contributed by atoms with van der Waals surface area (Å²) in [5, 5.41) is 19.9. The second-order valence-electron chi connectivity index (χ2n) is 9.62. The fourth-order valence-electron chi connectivity index (χ4n) is 7.48. The van der Waals surface area contributed by atoms with Gasteiger partial charge in [0.2, 0.25) is 0 Å². The second-order valence-corrected chi connectivity index (χ2v) is 9.62. The van der Waals surface area contributed by atoms with Crippen molar-refractivity contribution >= 4 is 0 Å². The van der Waals surface area contributed by atoms with Gasteiger partial charge in [-0.05, 0) is 73.0 Å². The van der Waals surface area contributed by atoms with Gasteiger partial charge in [-0.2, -0.15) is 0 Å². The average Bonchev–Trinajstić information content (AvgIpc) is 2.79. The summed E-state index contributed by atoms with van der Waals surface area (Å²) < 4.78 is 0. The molecule has 2 bridgehead atoms. The van der Waals surface area contributed by atoms with Crippen LogP contribution in [0.4, 0.5) is 0 Å². The molecule has 0 aromatic heterocycles. The summed E-state index contributed by atoms with van der Waals surface area (Å²) in [4.78, 5) is 0. The Hall–Kier alpha value is -0.340. The van der Waals surface area contributed by atoms with Crippen LogP contribution in [0.25, 0.3) is 0 Å². The molecule has 0 aliphatic heterocycles. The summed E-state index contributed by atoms with van der Waals surface area (Å²) in [6.45, 7) is 5.54. The van der Waals surface area contributed by atoms with Crippen molar-refractivity contribution in [2.24, 2.45) is 33.5 Å². The van der Waals surface area contributed by atoms with E-state index in [1.165, 1.54) is 44.9 Å². The van der Waals surface area contributed by atoms with Gasteiger partial charge in [-0.15, -0.1) is 0 Å². The highest BCUT2D eigenvalue weighted by atomic mass is 16.3. The number of aliphatic hydroxyl groups excluding tert-OH is 2. The van der Waals surface area contributed by atoms with Gasteiger partial charge < -0.3 is 10.2 Å². The fourth-order valence-corrected chi connectivity index (χ4v) is 7.48. The lowest BCUT2D eigenvalue weighted by atomic mass is 9.40. The molecular weight excluding hydrogens is 272 g/mol. The highest BCUT2D eigenvalue weighted by molar-refractivity contribution is 5.26. The molecule has 6 atom stereocenters. The number of aliphatic hydroxyl groups is 2. The predicted octanol–water partition coefficient (Wildman–Crippen LogP) is 3.92. The monoisotopic (exact) mass is 304 g/mol. The van der Waals surface area contributed by atoms with Crippen LogP contribution in [0.2, 0.25) is 0 Å². The molecular formula is C20H32O2. The number of hydrogen-bond acceptors (Lipinski definition) is 2. The van der Waals surface area contributed by atoms with Crippen LogP contribution in [0.1, 0.15) is 65.2 Å². The zero-order valence-corrected chi connectivity index (χ0v) is 14.3. The highest BCUT2D eigenvalue weighted by Crippen LogP contribution is 2.71. The minimum atomic E-state index is 0.0919. The molecule has 3 saturated carbocycles. The minimum Gasteiger partial charge on any atom is -0.396 e. The zero-order chi connectivity index (χ0) is 15.6. The van der Waals surface area contributed by atoms with E-state index < -0.39 is 0 Å². The lowest BCUT2D eigenvalue weighted by molar-refractivity contribution is -0.158. The highest BCUT2D eigenvalue weighted by Gasteiger charge is 2.63. The predicted molar refractivity (Wildman–Crippen MR) is 88.3 cm³/mol. The van der Waals surface area contributed by atoms with E-state index in [0.29, 0.717) is 30.0 Å². The minimum absolute atomic E-state index is 0.0919. The van der Waals surface area contributed by atoms with Crippen LogP contribution in [0.5, 0.6) is 0 Å². The normalized spacial score (nSPS) is 56.5. The van der Waals surface area contributed by atoms with Gasteiger partial charge in [0.05, 0.1) is 6.61 Å². The van der Waals surface area contributed by atoms with Crippen molar-refractivity contribution in [3.05, 3.63) is 12.2 Å². The van der Waals surface area contributed by atoms with E-state index in [4.69, 9.17) is 0 Å². The first-order chi connectivity index (χ1) is 10.4. The van der Waals surface area contributed by atoms with Crippen molar-refractivity contribution in [2.45, 2.75) is 65.2 Å². The smallest absolute Gasteiger partial charge is 0.0522 e. The van der Waals surface area contributed by atoms with Crippen molar-refractivity contribution in [1.82, 2.24) is 0 Å². The van der Waals surface area contributed by atoms with Crippen molar-refractivity contribution < 1.29 is 10.2 Å². The molecule has 2 N–H and O–H groups in total. The maximum absolute atomic E-state index is 10.1. The number of fused-ring (bicyclic) bond motifs is 3. The Bertz CT molecular complexity index is 500. The molecule has 0 heterocycles. The molecule has 0 amide bonds. The van der Waals surface area contributed by atoms with Crippen molar-refractivity contribution in [1.29, 1.82) is 0 Å². The Kier molecular flexibility index (Phi) is 3.18. The first-order valence-electron chi connectivity index (χ1n) is 9.34. The molecule has 0 aromatic rings. The Balaban J connectivity index is 1.72. The number of allylic oxidation sites excluding steroid dienone is 1. The Morgan fingerprint density at radius 2 is 1.68 bits per heavy atom. The molecule has 0 radical (unpaired) electrons. The molecule has 0 aromatic carbocycles. The SMILES string of the molecule is CC1(CO)CCCC2(C)C1CCC13C=CC(CO)(CCC12)C3. The van der Waals surface area contributed by atoms with Gasteiger partial charge in [-0.3, -0.25) is 0 Å². The van der Waals surface area contributed by atoms with Crippen molar-refractivity contribution in [3.8, 4) is 0 Å². The van der Waals surface area contributed by atoms with Crippen LogP contribution >= 0.6 is 0 Å². The standard InChI is InChI=1S/C20H32O2/c1-17(13-21)6-3-7-18(2)15(17)5-9-20-11-10-19(12-20,14-22)8-4-16(18)20/h10-11,15-16,21-22H,3-9,12-14H2,1-2H3. The third kappa shape index (κ3) is 1.74. The lowest BCUT2D eigenvalue weighted by Crippen LogP contribution is -2.58. The summed E-state index contributed by atoms with van der Waals surface area (Å²) in [6, 6.07) is 0.